The predicted molar refractivity (Wildman–Crippen MR) is 69.5 cm³/mol. The first-order chi connectivity index (χ1) is 9.08. The van der Waals surface area contributed by atoms with Crippen molar-refractivity contribution in [3.05, 3.63) is 18.1 Å². The topological polar surface area (TPSA) is 73.3 Å². The van der Waals surface area contributed by atoms with E-state index in [4.69, 9.17) is 9.47 Å². The van der Waals surface area contributed by atoms with Crippen LogP contribution in [0.4, 0.5) is 5.82 Å². The maximum Gasteiger partial charge on any atom is 0.236 e. The molecule has 2 rings (SSSR count). The van der Waals surface area contributed by atoms with E-state index in [0.717, 1.165) is 0 Å². The monoisotopic (exact) mass is 265 g/mol. The summed E-state index contributed by atoms with van der Waals surface area (Å²) in [5.74, 6) is 1.22. The van der Waals surface area contributed by atoms with Crippen molar-refractivity contribution in [3.8, 4) is 0 Å². The molecular formula is C13H19N3O3. The van der Waals surface area contributed by atoms with Gasteiger partial charge in [-0.3, -0.25) is 4.79 Å². The lowest BCUT2D eigenvalue weighted by atomic mass is 9.74. The van der Waals surface area contributed by atoms with E-state index in [1.54, 1.807) is 19.4 Å². The molecule has 0 unspecified atom stereocenters. The predicted octanol–water partition coefficient (Wildman–Crippen LogP) is 1.23. The number of hydrogen-bond acceptors (Lipinski definition) is 5. The van der Waals surface area contributed by atoms with Crippen LogP contribution in [-0.2, 0) is 20.9 Å². The van der Waals surface area contributed by atoms with E-state index in [0.29, 0.717) is 31.5 Å². The van der Waals surface area contributed by atoms with E-state index >= 15 is 0 Å². The van der Waals surface area contributed by atoms with Gasteiger partial charge in [-0.25, -0.2) is 9.97 Å². The van der Waals surface area contributed by atoms with Gasteiger partial charge < -0.3 is 14.8 Å². The van der Waals surface area contributed by atoms with Crippen molar-refractivity contribution in [3.63, 3.8) is 0 Å². The van der Waals surface area contributed by atoms with Gasteiger partial charge in [-0.05, 0) is 12.0 Å². The van der Waals surface area contributed by atoms with Gasteiger partial charge in [0.25, 0.3) is 0 Å². The van der Waals surface area contributed by atoms with Crippen LogP contribution in [0.1, 0.15) is 19.7 Å². The van der Waals surface area contributed by atoms with Crippen molar-refractivity contribution in [2.24, 2.45) is 11.3 Å². The molecule has 104 valence electrons. The summed E-state index contributed by atoms with van der Waals surface area (Å²) in [5, 5.41) is 2.84. The number of anilines is 1. The van der Waals surface area contributed by atoms with E-state index in [1.807, 2.05) is 13.8 Å². The standard InChI is InChI=1S/C13H19N3O3/c1-9(2)13(7-19-8-13)12(17)16-10-4-5-14-11(15-10)6-18-3/h4-5,9H,6-8H2,1-3H3,(H,14,15,16,17). The summed E-state index contributed by atoms with van der Waals surface area (Å²) < 4.78 is 10.2. The van der Waals surface area contributed by atoms with Gasteiger partial charge in [-0.2, -0.15) is 0 Å². The molecule has 0 bridgehead atoms. The molecule has 1 fully saturated rings. The lowest BCUT2D eigenvalue weighted by molar-refractivity contribution is -0.166. The lowest BCUT2D eigenvalue weighted by Gasteiger charge is -2.42. The molecule has 1 N–H and O–H groups in total. The maximum atomic E-state index is 12.3. The molecule has 2 heterocycles. The van der Waals surface area contributed by atoms with Crippen LogP contribution < -0.4 is 5.32 Å². The van der Waals surface area contributed by atoms with Crippen LogP contribution in [-0.4, -0.2) is 36.2 Å². The maximum absolute atomic E-state index is 12.3. The van der Waals surface area contributed by atoms with Crippen LogP contribution in [0, 0.1) is 11.3 Å². The Bertz CT molecular complexity index is 458. The molecule has 1 saturated heterocycles. The zero-order valence-corrected chi connectivity index (χ0v) is 11.5. The summed E-state index contributed by atoms with van der Waals surface area (Å²) in [6.45, 7) is 5.30. The third-order valence-corrected chi connectivity index (χ3v) is 3.50. The quantitative estimate of drug-likeness (QED) is 0.867. The molecule has 6 heteroatoms. The summed E-state index contributed by atoms with van der Waals surface area (Å²) in [4.78, 5) is 20.6. The number of hydrogen-bond donors (Lipinski definition) is 1. The van der Waals surface area contributed by atoms with Gasteiger partial charge in [0.1, 0.15) is 12.4 Å². The molecule has 0 radical (unpaired) electrons. The Labute approximate surface area is 112 Å². The summed E-state index contributed by atoms with van der Waals surface area (Å²) in [5.41, 5.74) is -0.438. The van der Waals surface area contributed by atoms with Crippen LogP contribution in [0.15, 0.2) is 12.3 Å². The second-order valence-electron chi connectivity index (χ2n) is 5.05. The number of carbonyl (C=O) groups excluding carboxylic acids is 1. The van der Waals surface area contributed by atoms with Gasteiger partial charge in [-0.15, -0.1) is 0 Å². The summed E-state index contributed by atoms with van der Waals surface area (Å²) in [6, 6.07) is 1.67. The number of nitrogens with one attached hydrogen (secondary N) is 1. The van der Waals surface area contributed by atoms with Gasteiger partial charge in [0, 0.05) is 13.3 Å². The number of rotatable bonds is 5. The SMILES string of the molecule is COCc1nccc(NC(=O)C2(C(C)C)COC2)n1. The molecule has 0 atom stereocenters. The van der Waals surface area contributed by atoms with Crippen molar-refractivity contribution in [1.29, 1.82) is 0 Å². The van der Waals surface area contributed by atoms with Gasteiger partial charge >= 0.3 is 0 Å². The van der Waals surface area contributed by atoms with Crippen molar-refractivity contribution in [2.45, 2.75) is 20.5 Å². The Morgan fingerprint density at radius 3 is 2.84 bits per heavy atom. The number of ether oxygens (including phenoxy) is 2. The number of methoxy groups -OCH3 is 1. The third-order valence-electron chi connectivity index (χ3n) is 3.50. The Morgan fingerprint density at radius 2 is 2.32 bits per heavy atom. The van der Waals surface area contributed by atoms with E-state index in [-0.39, 0.29) is 11.8 Å². The van der Waals surface area contributed by atoms with Crippen LogP contribution in [0.3, 0.4) is 0 Å². The Kier molecular flexibility index (Phi) is 4.11. The average Bonchev–Trinajstić information content (AvgIpc) is 2.27. The van der Waals surface area contributed by atoms with Gasteiger partial charge in [0.05, 0.1) is 18.6 Å². The van der Waals surface area contributed by atoms with Crippen LogP contribution in [0.2, 0.25) is 0 Å². The Balaban J connectivity index is 2.08. The highest BCUT2D eigenvalue weighted by atomic mass is 16.5. The van der Waals surface area contributed by atoms with E-state index in [9.17, 15) is 4.79 Å². The first-order valence-electron chi connectivity index (χ1n) is 6.28. The molecule has 1 aromatic heterocycles. The minimum absolute atomic E-state index is 0.0455. The molecule has 0 aromatic carbocycles. The van der Waals surface area contributed by atoms with Crippen molar-refractivity contribution in [2.75, 3.05) is 25.6 Å². The summed E-state index contributed by atoms with van der Waals surface area (Å²) in [7, 11) is 1.58. The highest BCUT2D eigenvalue weighted by Gasteiger charge is 2.48. The van der Waals surface area contributed by atoms with Crippen LogP contribution in [0.5, 0.6) is 0 Å². The highest BCUT2D eigenvalue weighted by molar-refractivity contribution is 5.95. The van der Waals surface area contributed by atoms with Crippen molar-refractivity contribution in [1.82, 2.24) is 9.97 Å². The van der Waals surface area contributed by atoms with Crippen LogP contribution >= 0.6 is 0 Å². The molecule has 1 amide bonds. The molecule has 1 aliphatic heterocycles. The van der Waals surface area contributed by atoms with Crippen molar-refractivity contribution >= 4 is 11.7 Å². The van der Waals surface area contributed by atoms with Crippen LogP contribution in [0.25, 0.3) is 0 Å². The average molecular weight is 265 g/mol. The molecule has 6 nitrogen and oxygen atoms in total. The largest absolute Gasteiger partial charge is 0.379 e. The molecule has 0 aliphatic carbocycles. The normalized spacial score (nSPS) is 17.1. The molecule has 0 saturated carbocycles. The fraction of sp³-hybridized carbons (Fsp3) is 0.615. The fourth-order valence-electron chi connectivity index (χ4n) is 1.96. The molecule has 1 aromatic rings. The molecule has 0 spiro atoms. The van der Waals surface area contributed by atoms with Gasteiger partial charge in [0.2, 0.25) is 5.91 Å². The highest BCUT2D eigenvalue weighted by Crippen LogP contribution is 2.36. The summed E-state index contributed by atoms with van der Waals surface area (Å²) in [6.07, 6.45) is 1.61. The Morgan fingerprint density at radius 1 is 1.58 bits per heavy atom. The zero-order valence-electron chi connectivity index (χ0n) is 11.5. The van der Waals surface area contributed by atoms with E-state index in [1.165, 1.54) is 0 Å². The second kappa shape index (κ2) is 5.63. The smallest absolute Gasteiger partial charge is 0.236 e. The number of amides is 1. The number of aromatic nitrogens is 2. The third kappa shape index (κ3) is 2.74. The molecule has 1 aliphatic rings. The number of carbonyl (C=O) groups is 1. The van der Waals surface area contributed by atoms with Gasteiger partial charge in [0.15, 0.2) is 5.82 Å². The summed E-state index contributed by atoms with van der Waals surface area (Å²) >= 11 is 0. The fourth-order valence-corrected chi connectivity index (χ4v) is 1.96. The van der Waals surface area contributed by atoms with Crippen molar-refractivity contribution < 1.29 is 14.3 Å². The van der Waals surface area contributed by atoms with Gasteiger partial charge in [-0.1, -0.05) is 13.8 Å². The van der Waals surface area contributed by atoms with E-state index < -0.39 is 5.41 Å². The Hall–Kier alpha value is -1.53. The minimum atomic E-state index is -0.438. The zero-order chi connectivity index (χ0) is 13.9. The molecular weight excluding hydrogens is 246 g/mol. The first kappa shape index (κ1) is 13.9. The van der Waals surface area contributed by atoms with E-state index in [2.05, 4.69) is 15.3 Å². The second-order valence-corrected chi connectivity index (χ2v) is 5.05. The first-order valence-corrected chi connectivity index (χ1v) is 6.28. The number of nitrogens with zero attached hydrogens (tertiary/aromatic N) is 2. The molecule has 19 heavy (non-hydrogen) atoms. The lowest BCUT2D eigenvalue weighted by Crippen LogP contribution is -2.55. The minimum Gasteiger partial charge on any atom is -0.379 e.